The van der Waals surface area contributed by atoms with Crippen molar-refractivity contribution in [2.24, 2.45) is 0 Å². The van der Waals surface area contributed by atoms with Gasteiger partial charge in [-0.1, -0.05) is 12.5 Å². The fraction of sp³-hybridized carbons (Fsp3) is 0.412. The predicted octanol–water partition coefficient (Wildman–Crippen LogP) is 3.45. The van der Waals surface area contributed by atoms with E-state index < -0.39 is 22.6 Å². The van der Waals surface area contributed by atoms with Crippen LogP contribution in [0.5, 0.6) is 0 Å². The second kappa shape index (κ2) is 11.4. The largest absolute Gasteiger partial charge is 0.419 e. The first-order chi connectivity index (χ1) is 13.2. The zero-order valence-electron chi connectivity index (χ0n) is 15.6. The standard InChI is InChI=1S/C12H10F3N4O2S.C5H11N.Re/c1-6-4-9(17-18-11(6)16)8-3-2-7(12(13,14)15)5-10(8)19-22(20)21;1-2-4-6-5-3-1;/h2-5H,1H3,(H2,16,18)(H,19,20,21);6H,1-5H2;/q-1;;. The molecule has 0 unspecified atom stereocenters. The van der Waals surface area contributed by atoms with E-state index >= 15 is 0 Å². The fourth-order valence-electron chi connectivity index (χ4n) is 2.55. The number of rotatable bonds is 3. The summed E-state index contributed by atoms with van der Waals surface area (Å²) in [4.78, 5) is 0. The number of hydrogen-bond donors (Lipinski definition) is 3. The molecule has 2 aromatic rings. The number of alkyl halides is 3. The van der Waals surface area contributed by atoms with Crippen molar-refractivity contribution >= 4 is 22.4 Å². The molecule has 1 aliphatic rings. The van der Waals surface area contributed by atoms with Crippen molar-refractivity contribution in [2.45, 2.75) is 32.4 Å². The number of nitrogens with zero attached hydrogens (tertiary/aromatic N) is 2. The van der Waals surface area contributed by atoms with Crippen LogP contribution in [0.15, 0.2) is 24.3 Å². The minimum absolute atomic E-state index is 0. The van der Waals surface area contributed by atoms with Gasteiger partial charge < -0.3 is 24.2 Å². The number of benzene rings is 1. The van der Waals surface area contributed by atoms with E-state index in [2.05, 4.69) is 15.5 Å². The smallest absolute Gasteiger partial charge is 0.416 e. The van der Waals surface area contributed by atoms with Crippen LogP contribution < -0.4 is 15.8 Å². The van der Waals surface area contributed by atoms with Crippen LogP contribution in [-0.4, -0.2) is 23.3 Å². The summed E-state index contributed by atoms with van der Waals surface area (Å²) in [5, 5.41) is 10.7. The first-order valence-corrected chi connectivity index (χ1v) is 9.64. The summed E-state index contributed by atoms with van der Waals surface area (Å²) in [6, 6.07) is 4.15. The number of nitrogen functional groups attached to an aromatic ring is 1. The maximum Gasteiger partial charge on any atom is 0.416 e. The van der Waals surface area contributed by atoms with Crippen molar-refractivity contribution in [3.63, 3.8) is 0 Å². The molecule has 0 aliphatic carbocycles. The SMILES string of the molecule is C1CCNCC1.Cc1cc(-c2ccc(C(F)(F)F)cc2N[S-](=O)=O)nnc1N.[Re]. The zero-order valence-corrected chi connectivity index (χ0v) is 19.1. The second-order valence-corrected chi connectivity index (χ2v) is 6.88. The third kappa shape index (κ3) is 7.89. The molecule has 1 radical (unpaired) electrons. The molecule has 0 bridgehead atoms. The Kier molecular flexibility index (Phi) is 9.99. The van der Waals surface area contributed by atoms with E-state index in [1.807, 2.05) is 4.72 Å². The van der Waals surface area contributed by atoms with Gasteiger partial charge in [-0.15, -0.1) is 10.2 Å². The first-order valence-electron chi connectivity index (χ1n) is 8.56. The fourth-order valence-corrected chi connectivity index (χ4v) is 2.89. The average Bonchev–Trinajstić information content (AvgIpc) is 2.65. The van der Waals surface area contributed by atoms with Gasteiger partial charge in [-0.3, -0.25) is 0 Å². The second-order valence-electron chi connectivity index (χ2n) is 6.20. The van der Waals surface area contributed by atoms with Gasteiger partial charge in [0.25, 0.3) is 0 Å². The number of aromatic nitrogens is 2. The Morgan fingerprint density at radius 3 is 2.21 bits per heavy atom. The van der Waals surface area contributed by atoms with E-state index in [4.69, 9.17) is 5.73 Å². The third-order valence-electron chi connectivity index (χ3n) is 4.05. The molecule has 12 heteroatoms. The molecule has 0 amide bonds. The number of nitrogens with one attached hydrogen (secondary N) is 2. The van der Waals surface area contributed by atoms with Gasteiger partial charge in [0.05, 0.1) is 11.3 Å². The van der Waals surface area contributed by atoms with Crippen LogP contribution in [-0.2, 0) is 45.9 Å². The van der Waals surface area contributed by atoms with Crippen LogP contribution in [0.1, 0.15) is 30.4 Å². The Bertz CT molecular complexity index is 870. The number of anilines is 2. The van der Waals surface area contributed by atoms with Crippen LogP contribution in [0.4, 0.5) is 24.7 Å². The molecular weight excluding hydrogens is 581 g/mol. The third-order valence-corrected chi connectivity index (χ3v) is 4.43. The minimum atomic E-state index is -4.60. The molecule has 161 valence electrons. The molecule has 0 spiro atoms. The summed E-state index contributed by atoms with van der Waals surface area (Å²) < 4.78 is 61.7. The normalized spacial score (nSPS) is 13.8. The Morgan fingerprint density at radius 2 is 1.76 bits per heavy atom. The molecule has 0 atom stereocenters. The summed E-state index contributed by atoms with van der Waals surface area (Å²) in [6.07, 6.45) is -0.380. The van der Waals surface area contributed by atoms with Crippen molar-refractivity contribution in [1.82, 2.24) is 15.5 Å². The Balaban J connectivity index is 0.000000514. The van der Waals surface area contributed by atoms with Crippen molar-refractivity contribution in [2.75, 3.05) is 23.5 Å². The maximum atomic E-state index is 12.7. The zero-order chi connectivity index (χ0) is 20.7. The number of nitrogens with two attached hydrogens (primary N) is 1. The summed E-state index contributed by atoms with van der Waals surface area (Å²) in [5.74, 6) is 0.178. The van der Waals surface area contributed by atoms with Crippen molar-refractivity contribution in [3.05, 3.63) is 35.4 Å². The Morgan fingerprint density at radius 1 is 1.10 bits per heavy atom. The summed E-state index contributed by atoms with van der Waals surface area (Å²) >= 11 is 0. The first kappa shape index (κ1) is 25.3. The van der Waals surface area contributed by atoms with E-state index in [9.17, 15) is 21.6 Å². The van der Waals surface area contributed by atoms with E-state index in [1.54, 1.807) is 6.92 Å². The molecule has 0 saturated carbocycles. The summed E-state index contributed by atoms with van der Waals surface area (Å²) in [5.41, 5.74) is 5.23. The van der Waals surface area contributed by atoms with E-state index in [1.165, 1.54) is 38.4 Å². The van der Waals surface area contributed by atoms with Gasteiger partial charge >= 0.3 is 6.18 Å². The molecule has 1 aliphatic heterocycles. The van der Waals surface area contributed by atoms with Gasteiger partial charge in [0.15, 0.2) is 0 Å². The van der Waals surface area contributed by atoms with Crippen LogP contribution in [0.25, 0.3) is 11.3 Å². The van der Waals surface area contributed by atoms with E-state index in [0.717, 1.165) is 12.1 Å². The molecule has 4 N–H and O–H groups in total. The summed E-state index contributed by atoms with van der Waals surface area (Å²) in [7, 11) is -2.79. The topological polar surface area (TPSA) is 110 Å². The van der Waals surface area contributed by atoms with Crippen molar-refractivity contribution in [1.29, 1.82) is 0 Å². The van der Waals surface area contributed by atoms with Gasteiger partial charge in [-0.25, -0.2) is 0 Å². The average molecular weight is 603 g/mol. The van der Waals surface area contributed by atoms with Crippen LogP contribution in [0.3, 0.4) is 0 Å². The van der Waals surface area contributed by atoms with Crippen LogP contribution in [0, 0.1) is 6.92 Å². The van der Waals surface area contributed by atoms with Gasteiger partial charge in [0.1, 0.15) is 5.82 Å². The number of halogens is 3. The Labute approximate surface area is 182 Å². The Hall–Kier alpha value is -1.74. The van der Waals surface area contributed by atoms with Crippen LogP contribution in [0.2, 0.25) is 0 Å². The van der Waals surface area contributed by atoms with Gasteiger partial charge in [-0.05, 0) is 56.6 Å². The van der Waals surface area contributed by atoms with Gasteiger partial charge in [0, 0.05) is 42.6 Å². The predicted molar refractivity (Wildman–Crippen MR) is 101 cm³/mol. The van der Waals surface area contributed by atoms with E-state index in [-0.39, 0.29) is 43.2 Å². The molecule has 1 fully saturated rings. The van der Waals surface area contributed by atoms with Crippen molar-refractivity contribution < 1.29 is 42.0 Å². The monoisotopic (exact) mass is 603 g/mol. The molecule has 3 rings (SSSR count). The number of hydrogen-bond acceptors (Lipinski definition) is 7. The molecule has 1 aromatic carbocycles. The minimum Gasteiger partial charge on any atom is -0.419 e. The molecule has 1 saturated heterocycles. The quantitative estimate of drug-likeness (QED) is 0.465. The van der Waals surface area contributed by atoms with Gasteiger partial charge in [-0.2, -0.15) is 13.2 Å². The molecule has 7 nitrogen and oxygen atoms in total. The van der Waals surface area contributed by atoms with Crippen molar-refractivity contribution in [3.8, 4) is 11.3 Å². The maximum absolute atomic E-state index is 12.7. The number of piperidine rings is 1. The van der Waals surface area contributed by atoms with Crippen LogP contribution >= 0.6 is 0 Å². The molecule has 2 heterocycles. The molecular formula is C17H21F3N5O2ReS-. The molecule has 29 heavy (non-hydrogen) atoms. The molecule has 1 aromatic heterocycles. The number of aryl methyl sites for hydroxylation is 1. The van der Waals surface area contributed by atoms with E-state index in [0.29, 0.717) is 11.6 Å². The summed E-state index contributed by atoms with van der Waals surface area (Å²) in [6.45, 7) is 4.15. The van der Waals surface area contributed by atoms with Gasteiger partial charge in [0.2, 0.25) is 0 Å².